The monoisotopic (exact) mass is 440 g/mol. The van der Waals surface area contributed by atoms with Crippen molar-refractivity contribution in [3.05, 3.63) is 28.2 Å². The van der Waals surface area contributed by atoms with E-state index < -0.39 is 43.6 Å². The second-order valence-electron chi connectivity index (χ2n) is 7.37. The van der Waals surface area contributed by atoms with Gasteiger partial charge in [0, 0.05) is 5.92 Å². The van der Waals surface area contributed by atoms with Crippen molar-refractivity contribution in [1.29, 1.82) is 0 Å². The van der Waals surface area contributed by atoms with Crippen LogP contribution >= 0.6 is 0 Å². The molecule has 0 saturated heterocycles. The first-order valence-electron chi connectivity index (χ1n) is 8.99. The molecule has 3 unspecified atom stereocenters. The van der Waals surface area contributed by atoms with Gasteiger partial charge in [0.25, 0.3) is 20.2 Å². The van der Waals surface area contributed by atoms with Crippen molar-refractivity contribution in [2.24, 2.45) is 5.92 Å². The van der Waals surface area contributed by atoms with Crippen molar-refractivity contribution in [3.8, 4) is 11.6 Å². The average Bonchev–Trinajstić information content (AvgIpc) is 3.26. The summed E-state index contributed by atoms with van der Waals surface area (Å²) in [5.74, 6) is -0.319. The highest BCUT2D eigenvalue weighted by molar-refractivity contribution is 7.87. The molecule has 29 heavy (non-hydrogen) atoms. The number of H-pyrrole nitrogens is 2. The second-order valence-corrected chi connectivity index (χ2v) is 10.6. The van der Waals surface area contributed by atoms with Crippen molar-refractivity contribution < 1.29 is 25.9 Å². The van der Waals surface area contributed by atoms with Crippen molar-refractivity contribution in [2.45, 2.75) is 30.9 Å². The molecule has 2 aliphatic rings. The Balaban J connectivity index is 1.69. The lowest BCUT2D eigenvalue weighted by atomic mass is 10.0. The van der Waals surface area contributed by atoms with Gasteiger partial charge < -0.3 is 9.97 Å². The fourth-order valence-electron chi connectivity index (χ4n) is 3.71. The number of hydrogen-bond acceptors (Lipinski definition) is 6. The van der Waals surface area contributed by atoms with E-state index in [-0.39, 0.29) is 0 Å². The van der Waals surface area contributed by atoms with Crippen LogP contribution < -0.4 is 10.7 Å². The zero-order valence-corrected chi connectivity index (χ0v) is 17.0. The van der Waals surface area contributed by atoms with E-state index in [1.165, 1.54) is 6.08 Å². The first kappa shape index (κ1) is 20.0. The Bertz CT molecular complexity index is 1320. The maximum Gasteiger partial charge on any atom is 0.268 e. The van der Waals surface area contributed by atoms with E-state index in [0.29, 0.717) is 29.0 Å². The third kappa shape index (κ3) is 4.06. The molecule has 0 radical (unpaired) electrons. The van der Waals surface area contributed by atoms with E-state index in [9.17, 15) is 21.4 Å². The molecule has 2 aromatic heterocycles. The van der Waals surface area contributed by atoms with Crippen LogP contribution in [0, 0.1) is 5.92 Å². The number of hydrogen-bond donors (Lipinski definition) is 4. The molecule has 0 aromatic carbocycles. The number of aromatic nitrogens is 4. The number of aromatic amines is 2. The maximum absolute atomic E-state index is 11.9. The summed E-state index contributed by atoms with van der Waals surface area (Å²) in [7, 11) is -8.96. The van der Waals surface area contributed by atoms with Crippen LogP contribution in [0.4, 0.5) is 0 Å². The highest BCUT2D eigenvalue weighted by atomic mass is 32.2. The van der Waals surface area contributed by atoms with Gasteiger partial charge >= 0.3 is 0 Å². The van der Waals surface area contributed by atoms with Gasteiger partial charge in [-0.15, -0.1) is 0 Å². The Kier molecular flexibility index (Phi) is 4.76. The van der Waals surface area contributed by atoms with Gasteiger partial charge in [0.1, 0.15) is 0 Å². The van der Waals surface area contributed by atoms with E-state index in [1.54, 1.807) is 6.08 Å². The number of allylic oxidation sites excluding steroid dienone is 1. The van der Waals surface area contributed by atoms with Crippen molar-refractivity contribution >= 4 is 38.5 Å². The van der Waals surface area contributed by atoms with Crippen molar-refractivity contribution in [3.63, 3.8) is 0 Å². The molecule has 156 valence electrons. The molecular formula is C17H20N4O6S2. The predicted molar refractivity (Wildman–Crippen MR) is 106 cm³/mol. The van der Waals surface area contributed by atoms with Crippen molar-refractivity contribution in [1.82, 2.24) is 19.9 Å². The minimum Gasteiger partial charge on any atom is -0.338 e. The highest BCUT2D eigenvalue weighted by Gasteiger charge is 2.37. The van der Waals surface area contributed by atoms with Gasteiger partial charge in [-0.2, -0.15) is 16.8 Å². The summed E-state index contributed by atoms with van der Waals surface area (Å²) in [5, 5.41) is 0.277. The Morgan fingerprint density at radius 1 is 1.17 bits per heavy atom. The zero-order valence-electron chi connectivity index (χ0n) is 15.4. The number of imidazole rings is 2. The topological polar surface area (TPSA) is 166 Å². The molecule has 0 spiro atoms. The second kappa shape index (κ2) is 6.90. The number of nitrogens with one attached hydrogen (secondary N) is 2. The van der Waals surface area contributed by atoms with Crippen LogP contribution in [0.25, 0.3) is 29.9 Å². The third-order valence-corrected chi connectivity index (χ3v) is 7.17. The van der Waals surface area contributed by atoms with Gasteiger partial charge in [0.05, 0.1) is 33.1 Å². The number of fused-ring (bicyclic) bond motifs is 2. The van der Waals surface area contributed by atoms with E-state index in [1.807, 2.05) is 0 Å². The Morgan fingerprint density at radius 2 is 1.90 bits per heavy atom. The maximum atomic E-state index is 11.9. The molecule has 0 saturated carbocycles. The standard InChI is InChI=1S/C17H20N4O6S2/c1-9-2-4-11-13(8-9)20-16(18-11)17-19-12-5-3-10(15(12)21-17)14(29(25,26)27)6-7-28(22,23)24/h3-5,8-10,14H,2,6-7H2,1H3,(H,18,20)(H,19,21)(H,22,23,24)(H,25,26,27). The van der Waals surface area contributed by atoms with Gasteiger partial charge in [0.15, 0.2) is 11.6 Å². The summed E-state index contributed by atoms with van der Waals surface area (Å²) in [6.07, 6.45) is 7.69. The Hall–Kier alpha value is -2.28. The van der Waals surface area contributed by atoms with Gasteiger partial charge in [-0.05, 0) is 24.8 Å². The molecule has 4 rings (SSSR count). The van der Waals surface area contributed by atoms with E-state index >= 15 is 0 Å². The summed E-state index contributed by atoms with van der Waals surface area (Å²) in [6.45, 7) is 2.09. The summed E-state index contributed by atoms with van der Waals surface area (Å²) >= 11 is 0. The first-order chi connectivity index (χ1) is 13.5. The van der Waals surface area contributed by atoms with E-state index in [4.69, 9.17) is 4.55 Å². The van der Waals surface area contributed by atoms with Crippen LogP contribution in [0.2, 0.25) is 0 Å². The minimum atomic E-state index is -4.59. The summed E-state index contributed by atoms with van der Waals surface area (Å²) in [5.41, 5.74) is 0.926. The number of rotatable bonds is 6. The van der Waals surface area contributed by atoms with E-state index in [2.05, 4.69) is 39.0 Å². The zero-order chi connectivity index (χ0) is 21.0. The molecular weight excluding hydrogens is 420 g/mol. The van der Waals surface area contributed by atoms with Crippen LogP contribution in [0.5, 0.6) is 0 Å². The Labute approximate surface area is 167 Å². The smallest absolute Gasteiger partial charge is 0.268 e. The van der Waals surface area contributed by atoms with Gasteiger partial charge in [-0.3, -0.25) is 9.11 Å². The highest BCUT2D eigenvalue weighted by Crippen LogP contribution is 2.36. The van der Waals surface area contributed by atoms with Crippen LogP contribution in [0.1, 0.15) is 37.1 Å². The van der Waals surface area contributed by atoms with Crippen LogP contribution in [-0.2, 0) is 20.2 Å². The lowest BCUT2D eigenvalue weighted by Gasteiger charge is -2.19. The van der Waals surface area contributed by atoms with Gasteiger partial charge in [-0.25, -0.2) is 9.97 Å². The normalized spacial score (nSPS) is 21.9. The molecule has 0 amide bonds. The lowest BCUT2D eigenvalue weighted by molar-refractivity contribution is 0.453. The number of nitrogens with zero attached hydrogens (tertiary/aromatic N) is 2. The fourth-order valence-corrected chi connectivity index (χ4v) is 5.42. The largest absolute Gasteiger partial charge is 0.338 e. The van der Waals surface area contributed by atoms with Gasteiger partial charge in [-0.1, -0.05) is 25.2 Å². The summed E-state index contributed by atoms with van der Waals surface area (Å²) in [6, 6.07) is 0. The van der Waals surface area contributed by atoms with Crippen LogP contribution in [-0.4, -0.2) is 56.9 Å². The van der Waals surface area contributed by atoms with E-state index in [0.717, 1.165) is 17.1 Å². The molecule has 10 nitrogen and oxygen atoms in total. The third-order valence-electron chi connectivity index (χ3n) is 5.12. The van der Waals surface area contributed by atoms with Crippen molar-refractivity contribution in [2.75, 3.05) is 5.75 Å². The molecule has 12 heteroatoms. The molecule has 4 N–H and O–H groups in total. The fraction of sp³-hybridized carbons (Fsp3) is 0.412. The SMILES string of the molecule is CC1C=c2nc(-c3nc4c([nH]3)C(C(CCS(=O)(=O)O)S(=O)(=O)O)C=C4)[nH]c2=CC1. The molecule has 2 aromatic rings. The first-order valence-corrected chi connectivity index (χ1v) is 12.1. The molecule has 0 aliphatic heterocycles. The molecule has 2 aliphatic carbocycles. The molecule has 3 atom stereocenters. The lowest BCUT2D eigenvalue weighted by Crippen LogP contribution is -2.29. The summed E-state index contributed by atoms with van der Waals surface area (Å²) in [4.78, 5) is 15.2. The summed E-state index contributed by atoms with van der Waals surface area (Å²) < 4.78 is 64.4. The molecule has 2 heterocycles. The Morgan fingerprint density at radius 3 is 2.59 bits per heavy atom. The minimum absolute atomic E-state index is 0.380. The molecule has 0 fully saturated rings. The average molecular weight is 441 g/mol. The van der Waals surface area contributed by atoms with Gasteiger partial charge in [0.2, 0.25) is 0 Å². The van der Waals surface area contributed by atoms with Crippen LogP contribution in [0.15, 0.2) is 6.08 Å². The van der Waals surface area contributed by atoms with Crippen LogP contribution in [0.3, 0.4) is 0 Å². The molecule has 0 bridgehead atoms. The quantitative estimate of drug-likeness (QED) is 0.457. The predicted octanol–water partition coefficient (Wildman–Crippen LogP) is 0.0453.